The van der Waals surface area contributed by atoms with Crippen LogP contribution in [0.5, 0.6) is 0 Å². The molecule has 0 fully saturated rings. The van der Waals surface area contributed by atoms with E-state index in [1.54, 1.807) is 12.1 Å². The Bertz CT molecular complexity index is 454. The number of ketones is 1. The van der Waals surface area contributed by atoms with Crippen LogP contribution in [0.1, 0.15) is 29.3 Å². The summed E-state index contributed by atoms with van der Waals surface area (Å²) in [6, 6.07) is 3.59. The number of carbonyl (C=O) groups is 2. The second-order valence-electron chi connectivity index (χ2n) is 3.49. The summed E-state index contributed by atoms with van der Waals surface area (Å²) in [5, 5.41) is 2.74. The van der Waals surface area contributed by atoms with E-state index in [2.05, 4.69) is 21.2 Å². The second-order valence-corrected chi connectivity index (χ2v) is 4.35. The highest BCUT2D eigenvalue weighted by molar-refractivity contribution is 9.10. The first-order valence-electron chi connectivity index (χ1n) is 4.77. The summed E-state index contributed by atoms with van der Waals surface area (Å²) in [6.45, 7) is 1.82. The lowest BCUT2D eigenvalue weighted by Crippen LogP contribution is -2.03. The molecule has 1 aliphatic rings. The summed E-state index contributed by atoms with van der Waals surface area (Å²) in [7, 11) is 0. The van der Waals surface area contributed by atoms with Crippen molar-refractivity contribution >= 4 is 33.3 Å². The molecule has 1 amide bonds. The molecule has 0 bridgehead atoms. The Labute approximate surface area is 96.0 Å². The van der Waals surface area contributed by atoms with Crippen molar-refractivity contribution < 1.29 is 9.59 Å². The lowest BCUT2D eigenvalue weighted by molar-refractivity contribution is -0.115. The fraction of sp³-hybridized carbons (Fsp3) is 0.273. The second kappa shape index (κ2) is 3.77. The summed E-state index contributed by atoms with van der Waals surface area (Å²) in [6.07, 6.45) is 0.839. The van der Waals surface area contributed by atoms with Gasteiger partial charge in [0.15, 0.2) is 5.78 Å². The van der Waals surface area contributed by atoms with Crippen LogP contribution >= 0.6 is 15.9 Å². The van der Waals surface area contributed by atoms with E-state index in [1.807, 2.05) is 6.92 Å². The molecule has 1 N–H and O–H groups in total. The molecular weight excluding hydrogens is 258 g/mol. The largest absolute Gasteiger partial charge is 0.325 e. The molecule has 78 valence electrons. The van der Waals surface area contributed by atoms with Crippen LogP contribution in [0.4, 0.5) is 5.69 Å². The number of fused-ring (bicyclic) bond motifs is 1. The number of rotatable bonds is 2. The van der Waals surface area contributed by atoms with Gasteiger partial charge in [0.1, 0.15) is 0 Å². The number of nitrogens with one attached hydrogen (secondary N) is 1. The van der Waals surface area contributed by atoms with E-state index in [9.17, 15) is 9.59 Å². The van der Waals surface area contributed by atoms with E-state index >= 15 is 0 Å². The fourth-order valence-electron chi connectivity index (χ4n) is 1.65. The predicted molar refractivity (Wildman–Crippen MR) is 61.1 cm³/mol. The maximum atomic E-state index is 11.6. The van der Waals surface area contributed by atoms with Crippen LogP contribution < -0.4 is 5.32 Å². The van der Waals surface area contributed by atoms with Crippen molar-refractivity contribution in [1.82, 2.24) is 0 Å². The van der Waals surface area contributed by atoms with E-state index in [0.717, 1.165) is 15.7 Å². The van der Waals surface area contributed by atoms with Crippen molar-refractivity contribution in [3.63, 3.8) is 0 Å². The number of halogens is 1. The summed E-state index contributed by atoms with van der Waals surface area (Å²) >= 11 is 3.34. The zero-order valence-electron chi connectivity index (χ0n) is 8.26. The third-order valence-electron chi connectivity index (χ3n) is 2.44. The standard InChI is InChI=1S/C11H10BrNO2/c1-2-10(14)7-3-6-4-11(15)13-9(6)5-8(7)12/h3,5H,2,4H2,1H3,(H,13,15). The first kappa shape index (κ1) is 10.4. The van der Waals surface area contributed by atoms with Gasteiger partial charge in [-0.1, -0.05) is 6.92 Å². The van der Waals surface area contributed by atoms with Gasteiger partial charge in [0.2, 0.25) is 5.91 Å². The molecular formula is C11H10BrNO2. The molecule has 1 aliphatic heterocycles. The van der Waals surface area contributed by atoms with E-state index in [1.165, 1.54) is 0 Å². The molecule has 0 aliphatic carbocycles. The number of anilines is 1. The number of benzene rings is 1. The van der Waals surface area contributed by atoms with Gasteiger partial charge in [-0.2, -0.15) is 0 Å². The smallest absolute Gasteiger partial charge is 0.228 e. The highest BCUT2D eigenvalue weighted by atomic mass is 79.9. The number of amides is 1. The Balaban J connectivity index is 2.48. The SMILES string of the molecule is CCC(=O)c1cc2c(cc1Br)NC(=O)C2. The Morgan fingerprint density at radius 3 is 2.93 bits per heavy atom. The van der Waals surface area contributed by atoms with Gasteiger partial charge in [-0.3, -0.25) is 9.59 Å². The van der Waals surface area contributed by atoms with Gasteiger partial charge in [0, 0.05) is 22.1 Å². The number of carbonyl (C=O) groups excluding carboxylic acids is 2. The molecule has 0 radical (unpaired) electrons. The third-order valence-corrected chi connectivity index (χ3v) is 3.10. The van der Waals surface area contributed by atoms with E-state index in [4.69, 9.17) is 0 Å². The van der Waals surface area contributed by atoms with Crippen LogP contribution in [-0.4, -0.2) is 11.7 Å². The van der Waals surface area contributed by atoms with Gasteiger partial charge in [-0.15, -0.1) is 0 Å². The number of hydrogen-bond acceptors (Lipinski definition) is 2. The molecule has 0 saturated heterocycles. The molecule has 0 aromatic heterocycles. The topological polar surface area (TPSA) is 46.2 Å². The van der Waals surface area contributed by atoms with Crippen LogP contribution in [-0.2, 0) is 11.2 Å². The Hall–Kier alpha value is -1.16. The van der Waals surface area contributed by atoms with E-state index < -0.39 is 0 Å². The van der Waals surface area contributed by atoms with Crippen molar-refractivity contribution in [3.8, 4) is 0 Å². The van der Waals surface area contributed by atoms with Crippen molar-refractivity contribution in [3.05, 3.63) is 27.7 Å². The van der Waals surface area contributed by atoms with Crippen molar-refractivity contribution in [2.75, 3.05) is 5.32 Å². The van der Waals surface area contributed by atoms with Crippen molar-refractivity contribution in [2.24, 2.45) is 0 Å². The average Bonchev–Trinajstić information content (AvgIpc) is 2.55. The molecule has 0 unspecified atom stereocenters. The lowest BCUT2D eigenvalue weighted by Gasteiger charge is -2.05. The quantitative estimate of drug-likeness (QED) is 0.838. The highest BCUT2D eigenvalue weighted by Crippen LogP contribution is 2.30. The average molecular weight is 268 g/mol. The number of hydrogen-bond donors (Lipinski definition) is 1. The van der Waals surface area contributed by atoms with Crippen LogP contribution in [0, 0.1) is 0 Å². The minimum absolute atomic E-state index is 0.0157. The first-order valence-corrected chi connectivity index (χ1v) is 5.56. The molecule has 15 heavy (non-hydrogen) atoms. The van der Waals surface area contributed by atoms with Gasteiger partial charge in [-0.25, -0.2) is 0 Å². The van der Waals surface area contributed by atoms with Crippen LogP contribution in [0.2, 0.25) is 0 Å². The van der Waals surface area contributed by atoms with E-state index in [-0.39, 0.29) is 11.7 Å². The molecule has 1 aromatic carbocycles. The molecule has 0 saturated carbocycles. The summed E-state index contributed by atoms with van der Waals surface area (Å²) in [5.74, 6) is 0.0713. The zero-order chi connectivity index (χ0) is 11.0. The van der Waals surface area contributed by atoms with Gasteiger partial charge in [0.05, 0.1) is 6.42 Å². The van der Waals surface area contributed by atoms with Crippen LogP contribution in [0.3, 0.4) is 0 Å². The first-order chi connectivity index (χ1) is 7.11. The van der Waals surface area contributed by atoms with Crippen molar-refractivity contribution in [1.29, 1.82) is 0 Å². The molecule has 0 atom stereocenters. The number of Topliss-reactive ketones (excluding diaryl/α,β-unsaturated/α-hetero) is 1. The Morgan fingerprint density at radius 2 is 2.27 bits per heavy atom. The molecule has 1 aromatic rings. The van der Waals surface area contributed by atoms with Crippen LogP contribution in [0.15, 0.2) is 16.6 Å². The molecule has 0 spiro atoms. The fourth-order valence-corrected chi connectivity index (χ4v) is 2.22. The van der Waals surface area contributed by atoms with Crippen molar-refractivity contribution in [2.45, 2.75) is 19.8 Å². The molecule has 1 heterocycles. The summed E-state index contributed by atoms with van der Waals surface area (Å²) in [4.78, 5) is 22.7. The molecule has 2 rings (SSSR count). The Morgan fingerprint density at radius 1 is 1.53 bits per heavy atom. The van der Waals surface area contributed by atoms with Gasteiger partial charge >= 0.3 is 0 Å². The molecule has 3 nitrogen and oxygen atoms in total. The summed E-state index contributed by atoms with van der Waals surface area (Å²) in [5.41, 5.74) is 2.37. The summed E-state index contributed by atoms with van der Waals surface area (Å²) < 4.78 is 0.746. The molecule has 4 heteroatoms. The third kappa shape index (κ3) is 1.81. The van der Waals surface area contributed by atoms with Crippen LogP contribution in [0.25, 0.3) is 0 Å². The highest BCUT2D eigenvalue weighted by Gasteiger charge is 2.20. The maximum absolute atomic E-state index is 11.6. The van der Waals surface area contributed by atoms with Gasteiger partial charge in [0.25, 0.3) is 0 Å². The predicted octanol–water partition coefficient (Wildman–Crippen LogP) is 2.54. The normalized spacial score (nSPS) is 13.6. The minimum Gasteiger partial charge on any atom is -0.325 e. The van der Waals surface area contributed by atoms with Gasteiger partial charge < -0.3 is 5.32 Å². The Kier molecular flexibility index (Phi) is 2.61. The minimum atomic E-state index is -0.0157. The monoisotopic (exact) mass is 267 g/mol. The van der Waals surface area contributed by atoms with Gasteiger partial charge in [-0.05, 0) is 33.6 Å². The lowest BCUT2D eigenvalue weighted by atomic mass is 10.0. The maximum Gasteiger partial charge on any atom is 0.228 e. The van der Waals surface area contributed by atoms with E-state index in [0.29, 0.717) is 18.4 Å². The zero-order valence-corrected chi connectivity index (χ0v) is 9.85.